The first kappa shape index (κ1) is 42.3. The highest BCUT2D eigenvalue weighted by molar-refractivity contribution is 6.04. The van der Waals surface area contributed by atoms with Gasteiger partial charge in [-0.15, -0.1) is 0 Å². The van der Waals surface area contributed by atoms with Crippen molar-refractivity contribution in [3.63, 3.8) is 0 Å². The smallest absolute Gasteiger partial charge is 0.338 e. The summed E-state index contributed by atoms with van der Waals surface area (Å²) in [5.74, 6) is -2.39. The Labute approximate surface area is 311 Å². The standard InChI is InChI=1S/C40H65N3O9/c1-26-23-40(6,48-10)35(52-37-33(30(41(7)8)22-27(2)50-37)51-36(46)29-16-12-11-13-17-29)28(3)34(45)39(4,5)38(47)49-25-31(42(9)24-26)32(44)18-21-43-19-14-15-20-43/h11-13,16-17,26-28,30-33,35,37,44H,14-15,18-25H2,1-10H3/t26-,27-,28+,30+,31+,32-,33-,35-,37+,40-/m1/s1. The number of ether oxygens (including phenoxy) is 5. The maximum Gasteiger partial charge on any atom is 0.338 e. The zero-order chi connectivity index (χ0) is 38.4. The molecule has 0 aliphatic carbocycles. The highest BCUT2D eigenvalue weighted by Gasteiger charge is 2.52. The molecule has 0 saturated carbocycles. The molecule has 0 aromatic heterocycles. The number of aliphatic hydroxyl groups excluding tert-OH is 1. The summed E-state index contributed by atoms with van der Waals surface area (Å²) in [5.41, 5.74) is -2.17. The molecule has 3 fully saturated rings. The lowest BCUT2D eigenvalue weighted by molar-refractivity contribution is -0.295. The summed E-state index contributed by atoms with van der Waals surface area (Å²) in [6.07, 6.45) is 0.188. The molecule has 3 aliphatic rings. The average molecular weight is 732 g/mol. The Balaban J connectivity index is 1.68. The minimum Gasteiger partial charge on any atom is -0.463 e. The van der Waals surface area contributed by atoms with E-state index in [9.17, 15) is 19.5 Å². The summed E-state index contributed by atoms with van der Waals surface area (Å²) in [4.78, 5) is 48.1. The van der Waals surface area contributed by atoms with Gasteiger partial charge in [0.15, 0.2) is 18.2 Å². The number of methoxy groups -OCH3 is 1. The number of esters is 2. The third-order valence-corrected chi connectivity index (χ3v) is 11.5. The summed E-state index contributed by atoms with van der Waals surface area (Å²) >= 11 is 0. The van der Waals surface area contributed by atoms with Crippen molar-refractivity contribution < 1.29 is 43.2 Å². The van der Waals surface area contributed by atoms with Crippen LogP contribution < -0.4 is 0 Å². The molecule has 3 heterocycles. The van der Waals surface area contributed by atoms with Crippen molar-refractivity contribution in [2.45, 2.75) is 122 Å². The van der Waals surface area contributed by atoms with Crippen LogP contribution in [0.15, 0.2) is 30.3 Å². The van der Waals surface area contributed by atoms with Gasteiger partial charge < -0.3 is 38.6 Å². The van der Waals surface area contributed by atoms with E-state index in [1.807, 2.05) is 46.0 Å². The molecule has 4 rings (SSSR count). The van der Waals surface area contributed by atoms with E-state index in [0.717, 1.165) is 19.6 Å². The number of hydrogen-bond acceptors (Lipinski definition) is 12. The van der Waals surface area contributed by atoms with Crippen LogP contribution in [0.3, 0.4) is 0 Å². The molecule has 0 spiro atoms. The Morgan fingerprint density at radius 3 is 2.35 bits per heavy atom. The Kier molecular flexibility index (Phi) is 14.8. The number of carbonyl (C=O) groups excluding carboxylic acids is 3. The second-order valence-electron chi connectivity index (χ2n) is 16.5. The highest BCUT2D eigenvalue weighted by Crippen LogP contribution is 2.39. The number of likely N-dealkylation sites (tertiary alicyclic amines) is 1. The molecule has 0 amide bonds. The zero-order valence-electron chi connectivity index (χ0n) is 33.2. The monoisotopic (exact) mass is 731 g/mol. The first-order valence-corrected chi connectivity index (χ1v) is 19.1. The van der Waals surface area contributed by atoms with Gasteiger partial charge in [-0.2, -0.15) is 0 Å². The minimum atomic E-state index is -1.54. The van der Waals surface area contributed by atoms with Crippen molar-refractivity contribution in [3.8, 4) is 0 Å². The van der Waals surface area contributed by atoms with Crippen LogP contribution in [-0.2, 0) is 33.3 Å². The van der Waals surface area contributed by atoms with Crippen LogP contribution in [0.25, 0.3) is 0 Å². The lowest BCUT2D eigenvalue weighted by Gasteiger charge is -2.48. The number of cyclic esters (lactones) is 1. The lowest BCUT2D eigenvalue weighted by atomic mass is 9.74. The van der Waals surface area contributed by atoms with Gasteiger partial charge in [-0.25, -0.2) is 4.79 Å². The normalized spacial score (nSPS) is 34.9. The molecule has 52 heavy (non-hydrogen) atoms. The molecule has 12 heteroatoms. The van der Waals surface area contributed by atoms with Crippen LogP contribution in [0.2, 0.25) is 0 Å². The van der Waals surface area contributed by atoms with E-state index in [2.05, 4.69) is 16.7 Å². The number of likely N-dealkylation sites (N-methyl/N-ethyl adjacent to an activating group) is 2. The summed E-state index contributed by atoms with van der Waals surface area (Å²) in [7, 11) is 7.40. The number of Topliss-reactive ketones (excluding diaryl/α,β-unsaturated/α-hetero) is 1. The van der Waals surface area contributed by atoms with Crippen LogP contribution in [-0.4, -0.2) is 147 Å². The maximum absolute atomic E-state index is 14.5. The van der Waals surface area contributed by atoms with Crippen molar-refractivity contribution >= 4 is 17.7 Å². The first-order valence-electron chi connectivity index (χ1n) is 19.1. The van der Waals surface area contributed by atoms with Gasteiger partial charge in [0.1, 0.15) is 12.0 Å². The fourth-order valence-corrected chi connectivity index (χ4v) is 8.36. The molecule has 0 bridgehead atoms. The average Bonchev–Trinajstić information content (AvgIpc) is 3.63. The van der Waals surface area contributed by atoms with Crippen molar-refractivity contribution in [3.05, 3.63) is 35.9 Å². The van der Waals surface area contributed by atoms with Crippen LogP contribution in [0, 0.1) is 17.3 Å². The van der Waals surface area contributed by atoms with E-state index >= 15 is 0 Å². The Hall–Kier alpha value is -2.45. The van der Waals surface area contributed by atoms with E-state index < -0.39 is 59.5 Å². The SMILES string of the molecule is CO[C@]1(C)C[C@@H](C)CN(C)[C@H]([C@H](O)CCN2CCCC2)COC(=O)C(C)(C)C(=O)[C@H](C)[C@H]1O[C@@H]1O[C@H](C)C[C@H](N(C)C)[C@H]1OC(=O)c1ccccc1. The second-order valence-corrected chi connectivity index (χ2v) is 16.5. The van der Waals surface area contributed by atoms with E-state index in [0.29, 0.717) is 31.4 Å². The van der Waals surface area contributed by atoms with E-state index in [4.69, 9.17) is 23.7 Å². The van der Waals surface area contributed by atoms with Gasteiger partial charge in [-0.05, 0) is 112 Å². The molecule has 0 unspecified atom stereocenters. The minimum absolute atomic E-state index is 0.00789. The summed E-state index contributed by atoms with van der Waals surface area (Å²) in [6.45, 7) is 14.2. The summed E-state index contributed by atoms with van der Waals surface area (Å²) < 4.78 is 31.7. The van der Waals surface area contributed by atoms with Gasteiger partial charge in [0.05, 0.1) is 41.6 Å². The van der Waals surface area contributed by atoms with Crippen LogP contribution in [0.5, 0.6) is 0 Å². The molecule has 294 valence electrons. The van der Waals surface area contributed by atoms with Gasteiger partial charge in [0.2, 0.25) is 0 Å². The second kappa shape index (κ2) is 18.3. The molecule has 10 atom stereocenters. The first-order chi connectivity index (χ1) is 24.5. The summed E-state index contributed by atoms with van der Waals surface area (Å²) in [5, 5.41) is 11.5. The van der Waals surface area contributed by atoms with Crippen molar-refractivity contribution in [2.75, 3.05) is 61.0 Å². The molecule has 3 saturated heterocycles. The fraction of sp³-hybridized carbons (Fsp3) is 0.775. The van der Waals surface area contributed by atoms with Crippen molar-refractivity contribution in [1.82, 2.24) is 14.7 Å². The lowest BCUT2D eigenvalue weighted by Crippen LogP contribution is -2.60. The van der Waals surface area contributed by atoms with Gasteiger partial charge in [0, 0.05) is 26.1 Å². The number of carbonyl (C=O) groups is 3. The predicted molar refractivity (Wildman–Crippen MR) is 198 cm³/mol. The predicted octanol–water partition coefficient (Wildman–Crippen LogP) is 4.03. The Bertz CT molecular complexity index is 1320. The van der Waals surface area contributed by atoms with E-state index in [1.54, 1.807) is 52.1 Å². The number of benzene rings is 1. The van der Waals surface area contributed by atoms with E-state index in [-0.39, 0.29) is 30.5 Å². The zero-order valence-corrected chi connectivity index (χ0v) is 33.2. The van der Waals surface area contributed by atoms with Crippen LogP contribution in [0.1, 0.15) is 84.0 Å². The van der Waals surface area contributed by atoms with Gasteiger partial charge >= 0.3 is 11.9 Å². The van der Waals surface area contributed by atoms with Crippen molar-refractivity contribution in [1.29, 1.82) is 0 Å². The van der Waals surface area contributed by atoms with Crippen molar-refractivity contribution in [2.24, 2.45) is 17.3 Å². The molecule has 1 N–H and O–H groups in total. The number of rotatable bonds is 10. The maximum atomic E-state index is 14.5. The quantitative estimate of drug-likeness (QED) is 0.276. The third-order valence-electron chi connectivity index (χ3n) is 11.5. The molecule has 0 radical (unpaired) electrons. The molecule has 1 aromatic rings. The Morgan fingerprint density at radius 2 is 1.73 bits per heavy atom. The summed E-state index contributed by atoms with van der Waals surface area (Å²) in [6, 6.07) is 8.08. The number of aliphatic hydroxyl groups is 1. The number of nitrogens with zero attached hydrogens (tertiary/aromatic N) is 3. The van der Waals surface area contributed by atoms with E-state index in [1.165, 1.54) is 12.8 Å². The topological polar surface area (TPSA) is 127 Å². The highest BCUT2D eigenvalue weighted by atomic mass is 16.7. The molecular weight excluding hydrogens is 666 g/mol. The molecule has 12 nitrogen and oxygen atoms in total. The van der Waals surface area contributed by atoms with Gasteiger partial charge in [-0.3, -0.25) is 14.5 Å². The largest absolute Gasteiger partial charge is 0.463 e. The van der Waals surface area contributed by atoms with Crippen LogP contribution in [0.4, 0.5) is 0 Å². The fourth-order valence-electron chi connectivity index (χ4n) is 8.36. The van der Waals surface area contributed by atoms with Gasteiger partial charge in [-0.1, -0.05) is 32.0 Å². The molecular formula is C40H65N3O9. The Morgan fingerprint density at radius 1 is 1.08 bits per heavy atom. The molecule has 3 aliphatic heterocycles. The third kappa shape index (κ3) is 10.2. The number of hydrogen-bond donors (Lipinski definition) is 1. The van der Waals surface area contributed by atoms with Gasteiger partial charge in [0.25, 0.3) is 0 Å². The number of ketones is 1. The van der Waals surface area contributed by atoms with Crippen LogP contribution >= 0.6 is 0 Å². The molecule has 1 aromatic carbocycles.